The van der Waals surface area contributed by atoms with Crippen LogP contribution in [-0.2, 0) is 0 Å². The van der Waals surface area contributed by atoms with Crippen molar-refractivity contribution in [2.75, 3.05) is 0 Å². The van der Waals surface area contributed by atoms with Crippen LogP contribution in [0.5, 0.6) is 0 Å². The molecular weight excluding hydrogens is 244 g/mol. The van der Waals surface area contributed by atoms with Crippen LogP contribution in [0.3, 0.4) is 0 Å². The highest BCUT2D eigenvalue weighted by Gasteiger charge is 2.08. The maximum atomic E-state index is 2.24. The standard InChI is InChI=1S/C18H13Si/c19-17-11-5-10-16-14-7-2-1-6-12(14)13-8-3-4-9-15(13)18(16)17/h1-11H,19H2. The Hall–Kier alpha value is -2.12. The number of fused-ring (bicyclic) bond motifs is 6. The second-order valence-corrected chi connectivity index (χ2v) is 5.69. The van der Waals surface area contributed by atoms with Gasteiger partial charge in [0.2, 0.25) is 0 Å². The number of hydrogen-bond acceptors (Lipinski definition) is 0. The molecule has 0 fully saturated rings. The third-order valence-corrected chi connectivity index (χ3v) is 4.44. The van der Waals surface area contributed by atoms with Crippen LogP contribution in [0.4, 0.5) is 0 Å². The first-order chi connectivity index (χ1) is 9.36. The van der Waals surface area contributed by atoms with Crippen LogP contribution in [0, 0.1) is 0 Å². The summed E-state index contributed by atoms with van der Waals surface area (Å²) < 4.78 is 0. The Bertz CT molecular complexity index is 877. The molecule has 0 spiro atoms. The molecule has 19 heavy (non-hydrogen) atoms. The molecule has 4 aromatic carbocycles. The molecule has 4 aromatic rings. The minimum Gasteiger partial charge on any atom is -0.0633 e. The second-order valence-electron chi connectivity index (χ2n) is 4.93. The van der Waals surface area contributed by atoms with Gasteiger partial charge in [-0.2, -0.15) is 0 Å². The Morgan fingerprint density at radius 2 is 0.895 bits per heavy atom. The van der Waals surface area contributed by atoms with E-state index in [1.807, 2.05) is 10.2 Å². The lowest BCUT2D eigenvalue weighted by Crippen LogP contribution is -2.03. The molecule has 0 aliphatic rings. The molecule has 1 radical (unpaired) electrons. The van der Waals surface area contributed by atoms with E-state index >= 15 is 0 Å². The summed E-state index contributed by atoms with van der Waals surface area (Å²) in [6, 6.07) is 24.0. The van der Waals surface area contributed by atoms with Crippen LogP contribution < -0.4 is 5.19 Å². The number of rotatable bonds is 0. The van der Waals surface area contributed by atoms with E-state index in [1.54, 1.807) is 0 Å². The van der Waals surface area contributed by atoms with Crippen LogP contribution in [0.15, 0.2) is 66.7 Å². The maximum Gasteiger partial charge on any atom is 0.0485 e. The molecule has 0 aromatic heterocycles. The average Bonchev–Trinajstić information content (AvgIpc) is 2.47. The lowest BCUT2D eigenvalue weighted by Gasteiger charge is -2.11. The zero-order valence-electron chi connectivity index (χ0n) is 10.6. The van der Waals surface area contributed by atoms with E-state index in [0.29, 0.717) is 0 Å². The van der Waals surface area contributed by atoms with Crippen LogP contribution in [0.2, 0.25) is 0 Å². The van der Waals surface area contributed by atoms with E-state index in [-0.39, 0.29) is 0 Å². The van der Waals surface area contributed by atoms with Crippen molar-refractivity contribution in [3.8, 4) is 0 Å². The normalized spacial score (nSPS) is 11.4. The van der Waals surface area contributed by atoms with Crippen molar-refractivity contribution in [3.63, 3.8) is 0 Å². The highest BCUT2D eigenvalue weighted by Crippen LogP contribution is 2.33. The van der Waals surface area contributed by atoms with Gasteiger partial charge in [0.25, 0.3) is 0 Å². The molecule has 0 atom stereocenters. The summed E-state index contributed by atoms with van der Waals surface area (Å²) in [4.78, 5) is 0. The van der Waals surface area contributed by atoms with Crippen molar-refractivity contribution in [1.82, 2.24) is 0 Å². The minimum atomic E-state index is 1.35. The zero-order valence-corrected chi connectivity index (χ0v) is 12.0. The van der Waals surface area contributed by atoms with Gasteiger partial charge in [0.1, 0.15) is 0 Å². The molecule has 0 nitrogen and oxygen atoms in total. The third-order valence-electron chi connectivity index (χ3n) is 3.85. The monoisotopic (exact) mass is 257 g/mol. The van der Waals surface area contributed by atoms with Gasteiger partial charge < -0.3 is 0 Å². The fraction of sp³-hybridized carbons (Fsp3) is 0. The molecule has 0 N–H and O–H groups in total. The Morgan fingerprint density at radius 1 is 0.474 bits per heavy atom. The predicted molar refractivity (Wildman–Crippen MR) is 87.1 cm³/mol. The summed E-state index contributed by atoms with van der Waals surface area (Å²) in [5, 5.41) is 9.55. The highest BCUT2D eigenvalue weighted by molar-refractivity contribution is 6.44. The first-order valence-electron chi connectivity index (χ1n) is 6.50. The van der Waals surface area contributed by atoms with Crippen LogP contribution in [0.1, 0.15) is 0 Å². The molecule has 0 aliphatic heterocycles. The summed E-state index contributed by atoms with van der Waals surface area (Å²) >= 11 is 0. The molecule has 0 aliphatic carbocycles. The van der Waals surface area contributed by atoms with Gasteiger partial charge in [0, 0.05) is 10.2 Å². The Balaban J connectivity index is 2.48. The summed E-state index contributed by atoms with van der Waals surface area (Å²) in [5.41, 5.74) is 0. The molecule has 0 saturated heterocycles. The lowest BCUT2D eigenvalue weighted by molar-refractivity contribution is 1.79. The summed E-state index contributed by atoms with van der Waals surface area (Å²) in [6.45, 7) is 0. The van der Waals surface area contributed by atoms with Gasteiger partial charge in [0.15, 0.2) is 0 Å². The van der Waals surface area contributed by atoms with Gasteiger partial charge in [-0.3, -0.25) is 0 Å². The van der Waals surface area contributed by atoms with Crippen LogP contribution in [0.25, 0.3) is 32.3 Å². The zero-order chi connectivity index (χ0) is 12.8. The molecule has 89 valence electrons. The predicted octanol–water partition coefficient (Wildman–Crippen LogP) is 3.40. The van der Waals surface area contributed by atoms with Gasteiger partial charge in [-0.05, 0) is 32.3 Å². The second kappa shape index (κ2) is 3.94. The highest BCUT2D eigenvalue weighted by atomic mass is 28.1. The fourth-order valence-corrected chi connectivity index (χ4v) is 3.55. The minimum absolute atomic E-state index is 1.35. The van der Waals surface area contributed by atoms with E-state index < -0.39 is 0 Å². The molecule has 0 heterocycles. The largest absolute Gasteiger partial charge is 0.0633 e. The van der Waals surface area contributed by atoms with Crippen molar-refractivity contribution in [3.05, 3.63) is 66.7 Å². The molecule has 0 saturated carbocycles. The van der Waals surface area contributed by atoms with E-state index in [2.05, 4.69) is 66.7 Å². The lowest BCUT2D eigenvalue weighted by atomic mass is 9.94. The molecule has 0 amide bonds. The summed E-state index contributed by atoms with van der Waals surface area (Å²) in [7, 11) is 1.97. The van der Waals surface area contributed by atoms with Crippen molar-refractivity contribution in [2.45, 2.75) is 0 Å². The maximum absolute atomic E-state index is 2.24. The summed E-state index contributed by atoms with van der Waals surface area (Å²) in [6.07, 6.45) is 0. The van der Waals surface area contributed by atoms with Crippen molar-refractivity contribution < 1.29 is 0 Å². The topological polar surface area (TPSA) is 0 Å². The molecule has 0 bridgehead atoms. The first kappa shape index (κ1) is 10.8. The smallest absolute Gasteiger partial charge is 0.0485 e. The van der Waals surface area contributed by atoms with Crippen LogP contribution in [-0.4, -0.2) is 10.2 Å². The SMILES string of the molecule is [SiH2]c1cccc2c3ccccc3c3ccccc3c12. The Labute approximate surface area is 115 Å². The van der Waals surface area contributed by atoms with Gasteiger partial charge in [-0.1, -0.05) is 71.9 Å². The van der Waals surface area contributed by atoms with Crippen LogP contribution >= 0.6 is 0 Å². The van der Waals surface area contributed by atoms with E-state index in [1.165, 1.54) is 37.5 Å². The van der Waals surface area contributed by atoms with E-state index in [0.717, 1.165) is 0 Å². The molecule has 4 rings (SSSR count). The average molecular weight is 257 g/mol. The quantitative estimate of drug-likeness (QED) is 0.334. The molecule has 0 unspecified atom stereocenters. The van der Waals surface area contributed by atoms with Gasteiger partial charge >= 0.3 is 0 Å². The van der Waals surface area contributed by atoms with Gasteiger partial charge in [-0.25, -0.2) is 0 Å². The molecular formula is C18H13Si. The Kier molecular flexibility index (Phi) is 2.23. The van der Waals surface area contributed by atoms with E-state index in [4.69, 9.17) is 0 Å². The van der Waals surface area contributed by atoms with E-state index in [9.17, 15) is 0 Å². The third kappa shape index (κ3) is 1.45. The van der Waals surface area contributed by atoms with Gasteiger partial charge in [0.05, 0.1) is 0 Å². The molecule has 1 heteroatoms. The summed E-state index contributed by atoms with van der Waals surface area (Å²) in [5.74, 6) is 0. The van der Waals surface area contributed by atoms with Crippen molar-refractivity contribution in [1.29, 1.82) is 0 Å². The fourth-order valence-electron chi connectivity index (χ4n) is 3.03. The van der Waals surface area contributed by atoms with Crippen molar-refractivity contribution in [2.24, 2.45) is 0 Å². The first-order valence-corrected chi connectivity index (χ1v) is 7.21. The Morgan fingerprint density at radius 3 is 1.47 bits per heavy atom. The van der Waals surface area contributed by atoms with Gasteiger partial charge in [-0.15, -0.1) is 0 Å². The van der Waals surface area contributed by atoms with Crippen molar-refractivity contribution >= 4 is 47.7 Å². The number of hydrogen-bond donors (Lipinski definition) is 0. The number of benzene rings is 4.